The van der Waals surface area contributed by atoms with Crippen molar-refractivity contribution < 1.29 is 8.42 Å². The summed E-state index contributed by atoms with van der Waals surface area (Å²) < 4.78 is 26.4. The van der Waals surface area contributed by atoms with Crippen molar-refractivity contribution in [3.63, 3.8) is 0 Å². The van der Waals surface area contributed by atoms with E-state index < -0.39 is 10.0 Å². The first-order chi connectivity index (χ1) is 12.4. The Morgan fingerprint density at radius 3 is 2.33 bits per heavy atom. The van der Waals surface area contributed by atoms with E-state index >= 15 is 0 Å². The topological polar surface area (TPSA) is 65.0 Å². The predicted octanol–water partition coefficient (Wildman–Crippen LogP) is 2.75. The fourth-order valence-corrected chi connectivity index (χ4v) is 5.30. The Balaban J connectivity index is 0.00000261. The molecule has 1 heterocycles. The van der Waals surface area contributed by atoms with E-state index in [0.717, 1.165) is 36.4 Å². The predicted molar refractivity (Wildman–Crippen MR) is 120 cm³/mol. The quantitative estimate of drug-likeness (QED) is 0.388. The molecule has 0 aromatic heterocycles. The lowest BCUT2D eigenvalue weighted by Crippen LogP contribution is -2.40. The number of sulfonamides is 1. The molecule has 6 nitrogen and oxygen atoms in total. The molecule has 1 saturated heterocycles. The first kappa shape index (κ1) is 22.4. The highest BCUT2D eigenvalue weighted by atomic mass is 127. The molecule has 0 bridgehead atoms. The second-order valence-corrected chi connectivity index (χ2v) is 9.63. The Kier molecular flexibility index (Phi) is 7.94. The molecule has 1 aliphatic heterocycles. The molecule has 2 atom stereocenters. The molecule has 0 radical (unpaired) electrons. The van der Waals surface area contributed by atoms with Gasteiger partial charge in [0.15, 0.2) is 5.96 Å². The average molecular weight is 506 g/mol. The number of guanidine groups is 1. The summed E-state index contributed by atoms with van der Waals surface area (Å²) in [7, 11) is 1.46. The standard InChI is InChI=1S/C19H30N4O2S.HI/c1-20-19(23-13-16-9-4-5-10-17(16)14-23)21-12-15-8-6-7-11-18(15)26(24,25)22(2)3;/h6-8,11,16-17H,4-5,9-10,12-14H2,1-3H3,(H,20,21);1H. The Labute approximate surface area is 180 Å². The summed E-state index contributed by atoms with van der Waals surface area (Å²) in [6.07, 6.45) is 5.33. The number of rotatable bonds is 4. The Morgan fingerprint density at radius 1 is 1.19 bits per heavy atom. The molecular formula is C19H31IN4O2S. The number of halogens is 1. The molecule has 1 aromatic rings. The maximum absolute atomic E-state index is 12.6. The highest BCUT2D eigenvalue weighted by Crippen LogP contribution is 2.36. The minimum absolute atomic E-state index is 0. The van der Waals surface area contributed by atoms with Gasteiger partial charge in [-0.05, 0) is 36.3 Å². The van der Waals surface area contributed by atoms with E-state index in [1.807, 2.05) is 12.1 Å². The zero-order valence-corrected chi connectivity index (χ0v) is 19.5. The van der Waals surface area contributed by atoms with Crippen molar-refractivity contribution in [3.05, 3.63) is 29.8 Å². The molecule has 1 saturated carbocycles. The lowest BCUT2D eigenvalue weighted by Gasteiger charge is -2.22. The third kappa shape index (κ3) is 4.95. The number of hydrogen-bond donors (Lipinski definition) is 1. The minimum Gasteiger partial charge on any atom is -0.352 e. The van der Waals surface area contributed by atoms with Crippen LogP contribution in [0.25, 0.3) is 0 Å². The van der Waals surface area contributed by atoms with Crippen molar-refractivity contribution in [1.82, 2.24) is 14.5 Å². The van der Waals surface area contributed by atoms with E-state index in [4.69, 9.17) is 0 Å². The number of aliphatic imine (C=N–C) groups is 1. The zero-order valence-electron chi connectivity index (χ0n) is 16.4. The number of hydrogen-bond acceptors (Lipinski definition) is 3. The van der Waals surface area contributed by atoms with Gasteiger partial charge in [0.05, 0.1) is 4.90 Å². The lowest BCUT2D eigenvalue weighted by molar-refractivity contribution is 0.299. The molecule has 0 amide bonds. The third-order valence-electron chi connectivity index (χ3n) is 5.66. The van der Waals surface area contributed by atoms with Crippen LogP contribution in [0.4, 0.5) is 0 Å². The molecule has 1 N–H and O–H groups in total. The molecular weight excluding hydrogens is 475 g/mol. The van der Waals surface area contributed by atoms with Crippen LogP contribution in [0, 0.1) is 11.8 Å². The molecule has 152 valence electrons. The average Bonchev–Trinajstić information content (AvgIpc) is 3.06. The molecule has 1 aliphatic carbocycles. The molecule has 0 spiro atoms. The Morgan fingerprint density at radius 2 is 1.78 bits per heavy atom. The summed E-state index contributed by atoms with van der Waals surface area (Å²) in [4.78, 5) is 7.13. The first-order valence-electron chi connectivity index (χ1n) is 9.39. The van der Waals surface area contributed by atoms with Gasteiger partial charge >= 0.3 is 0 Å². The fraction of sp³-hybridized carbons (Fsp3) is 0.632. The van der Waals surface area contributed by atoms with Gasteiger partial charge in [0.25, 0.3) is 0 Å². The molecule has 2 aliphatic rings. The maximum atomic E-state index is 12.6. The summed E-state index contributed by atoms with van der Waals surface area (Å²) in [5.74, 6) is 2.43. The number of fused-ring (bicyclic) bond motifs is 1. The van der Waals surface area contributed by atoms with E-state index in [1.54, 1.807) is 33.3 Å². The minimum atomic E-state index is -3.46. The Bertz CT molecular complexity index is 753. The maximum Gasteiger partial charge on any atom is 0.242 e. The second kappa shape index (κ2) is 9.56. The summed E-state index contributed by atoms with van der Waals surface area (Å²) in [6.45, 7) is 2.56. The van der Waals surface area contributed by atoms with Gasteiger partial charge in [-0.1, -0.05) is 31.0 Å². The lowest BCUT2D eigenvalue weighted by atomic mass is 9.82. The summed E-state index contributed by atoms with van der Waals surface area (Å²) in [6, 6.07) is 7.17. The highest BCUT2D eigenvalue weighted by Gasteiger charge is 2.35. The van der Waals surface area contributed by atoms with Gasteiger partial charge in [0.1, 0.15) is 0 Å². The fourth-order valence-electron chi connectivity index (χ4n) is 4.18. The summed E-state index contributed by atoms with van der Waals surface area (Å²) in [5, 5.41) is 3.38. The van der Waals surface area contributed by atoms with E-state index in [0.29, 0.717) is 11.4 Å². The monoisotopic (exact) mass is 506 g/mol. The van der Waals surface area contributed by atoms with Crippen LogP contribution in [0.3, 0.4) is 0 Å². The van der Waals surface area contributed by atoms with Crippen LogP contribution in [0.2, 0.25) is 0 Å². The molecule has 1 aromatic carbocycles. The van der Waals surface area contributed by atoms with Crippen LogP contribution in [0.1, 0.15) is 31.2 Å². The number of benzene rings is 1. The van der Waals surface area contributed by atoms with Crippen LogP contribution in [0.5, 0.6) is 0 Å². The van der Waals surface area contributed by atoms with Crippen LogP contribution >= 0.6 is 24.0 Å². The van der Waals surface area contributed by atoms with Gasteiger partial charge in [0.2, 0.25) is 10.0 Å². The number of nitrogens with one attached hydrogen (secondary N) is 1. The van der Waals surface area contributed by atoms with E-state index in [-0.39, 0.29) is 24.0 Å². The van der Waals surface area contributed by atoms with Crippen LogP contribution in [-0.2, 0) is 16.6 Å². The van der Waals surface area contributed by atoms with Gasteiger partial charge in [0, 0.05) is 40.8 Å². The first-order valence-corrected chi connectivity index (χ1v) is 10.8. The van der Waals surface area contributed by atoms with Crippen LogP contribution in [0.15, 0.2) is 34.2 Å². The second-order valence-electron chi connectivity index (χ2n) is 7.51. The van der Waals surface area contributed by atoms with Gasteiger partial charge in [-0.2, -0.15) is 0 Å². The SMILES string of the molecule is CN=C(NCc1ccccc1S(=O)(=O)N(C)C)N1CC2CCCCC2C1.I. The molecule has 27 heavy (non-hydrogen) atoms. The normalized spacial score (nSPS) is 23.1. The van der Waals surface area contributed by atoms with Gasteiger partial charge in [-0.15, -0.1) is 24.0 Å². The summed E-state index contributed by atoms with van der Waals surface area (Å²) >= 11 is 0. The number of nitrogens with zero attached hydrogens (tertiary/aromatic N) is 3. The van der Waals surface area contributed by atoms with Crippen molar-refractivity contribution in [2.75, 3.05) is 34.2 Å². The third-order valence-corrected chi connectivity index (χ3v) is 7.57. The largest absolute Gasteiger partial charge is 0.352 e. The van der Waals surface area contributed by atoms with Gasteiger partial charge in [-0.3, -0.25) is 4.99 Å². The van der Waals surface area contributed by atoms with Crippen LogP contribution < -0.4 is 5.32 Å². The molecule has 8 heteroatoms. The van der Waals surface area contributed by atoms with Crippen molar-refractivity contribution >= 4 is 40.0 Å². The molecule has 3 rings (SSSR count). The van der Waals surface area contributed by atoms with E-state index in [2.05, 4.69) is 15.2 Å². The zero-order chi connectivity index (χ0) is 18.7. The van der Waals surface area contributed by atoms with Crippen LogP contribution in [-0.4, -0.2) is 57.8 Å². The van der Waals surface area contributed by atoms with Crippen molar-refractivity contribution in [3.8, 4) is 0 Å². The van der Waals surface area contributed by atoms with E-state index in [9.17, 15) is 8.42 Å². The van der Waals surface area contributed by atoms with Gasteiger partial charge < -0.3 is 10.2 Å². The Hall–Kier alpha value is -0.870. The van der Waals surface area contributed by atoms with Gasteiger partial charge in [-0.25, -0.2) is 12.7 Å². The summed E-state index contributed by atoms with van der Waals surface area (Å²) in [5.41, 5.74) is 0.763. The molecule has 2 unspecified atom stereocenters. The smallest absolute Gasteiger partial charge is 0.242 e. The molecule has 2 fully saturated rings. The van der Waals surface area contributed by atoms with E-state index in [1.165, 1.54) is 30.0 Å². The highest BCUT2D eigenvalue weighted by molar-refractivity contribution is 14.0. The van der Waals surface area contributed by atoms with Crippen molar-refractivity contribution in [1.29, 1.82) is 0 Å². The van der Waals surface area contributed by atoms with Crippen molar-refractivity contribution in [2.24, 2.45) is 16.8 Å². The van der Waals surface area contributed by atoms with Crippen molar-refractivity contribution in [2.45, 2.75) is 37.1 Å². The number of likely N-dealkylation sites (tertiary alicyclic amines) is 1.